The van der Waals surface area contributed by atoms with Gasteiger partial charge in [0.25, 0.3) is 0 Å². The first-order valence-corrected chi connectivity index (χ1v) is 10.3. The van der Waals surface area contributed by atoms with Crippen LogP contribution in [0.4, 0.5) is 13.6 Å². The largest absolute Gasteiger partial charge is 0.465 e. The van der Waals surface area contributed by atoms with Crippen LogP contribution in [0.15, 0.2) is 43.1 Å². The van der Waals surface area contributed by atoms with E-state index in [2.05, 4.69) is 15.2 Å². The van der Waals surface area contributed by atoms with E-state index < -0.39 is 23.8 Å². The minimum absolute atomic E-state index is 0.155. The number of aryl methyl sites for hydroxylation is 1. The molecule has 1 fully saturated rings. The number of morpholine rings is 1. The van der Waals surface area contributed by atoms with Gasteiger partial charge in [0.15, 0.2) is 0 Å². The molecule has 4 heterocycles. The van der Waals surface area contributed by atoms with E-state index in [9.17, 15) is 9.90 Å². The quantitative estimate of drug-likeness (QED) is 0.509. The topological polar surface area (TPSA) is 97.8 Å². The van der Waals surface area contributed by atoms with E-state index in [-0.39, 0.29) is 43.1 Å². The summed E-state index contributed by atoms with van der Waals surface area (Å²) in [5.41, 5.74) is 2.16. The van der Waals surface area contributed by atoms with Crippen LogP contribution in [0.1, 0.15) is 11.3 Å². The molecule has 33 heavy (non-hydrogen) atoms. The van der Waals surface area contributed by atoms with Crippen molar-refractivity contribution in [3.05, 3.63) is 66.0 Å². The van der Waals surface area contributed by atoms with Gasteiger partial charge < -0.3 is 19.1 Å². The van der Waals surface area contributed by atoms with Gasteiger partial charge in [-0.05, 0) is 36.8 Å². The van der Waals surface area contributed by atoms with Gasteiger partial charge in [0.2, 0.25) is 0 Å². The summed E-state index contributed by atoms with van der Waals surface area (Å²) in [5.74, 6) is -1.56. The summed E-state index contributed by atoms with van der Waals surface area (Å²) in [4.78, 5) is 17.2. The minimum atomic E-state index is -1.03. The fourth-order valence-corrected chi connectivity index (χ4v) is 4.09. The molecule has 0 bridgehead atoms. The Kier molecular flexibility index (Phi) is 5.25. The van der Waals surface area contributed by atoms with Crippen LogP contribution >= 0.6 is 0 Å². The number of rotatable bonds is 4. The Morgan fingerprint density at radius 2 is 1.94 bits per heavy atom. The monoisotopic (exact) mass is 454 g/mol. The van der Waals surface area contributed by atoms with Crippen LogP contribution < -0.4 is 0 Å². The Bertz CT molecular complexity index is 1310. The Balaban J connectivity index is 1.61. The highest BCUT2D eigenvalue weighted by Gasteiger charge is 2.28. The van der Waals surface area contributed by atoms with Gasteiger partial charge >= 0.3 is 6.09 Å². The molecule has 0 spiro atoms. The lowest BCUT2D eigenvalue weighted by atomic mass is 10.0. The molecule has 3 aromatic heterocycles. The number of ether oxygens (including phenoxy) is 1. The fourth-order valence-electron chi connectivity index (χ4n) is 4.09. The Morgan fingerprint density at radius 3 is 2.64 bits per heavy atom. The van der Waals surface area contributed by atoms with Crippen molar-refractivity contribution >= 4 is 11.7 Å². The summed E-state index contributed by atoms with van der Waals surface area (Å²) in [6, 6.07) is 6.09. The van der Waals surface area contributed by atoms with E-state index in [1.807, 2.05) is 19.1 Å². The van der Waals surface area contributed by atoms with Crippen molar-refractivity contribution in [2.75, 3.05) is 19.7 Å². The van der Waals surface area contributed by atoms with E-state index in [4.69, 9.17) is 4.74 Å². The molecular weight excluding hydrogens is 434 g/mol. The van der Waals surface area contributed by atoms with Crippen LogP contribution in [-0.2, 0) is 11.2 Å². The van der Waals surface area contributed by atoms with Crippen molar-refractivity contribution in [2.24, 2.45) is 0 Å². The third kappa shape index (κ3) is 3.91. The molecule has 4 aromatic rings. The zero-order valence-corrected chi connectivity index (χ0v) is 17.7. The molecule has 1 amide bonds. The van der Waals surface area contributed by atoms with Crippen molar-refractivity contribution in [3.8, 4) is 16.9 Å². The minimum Gasteiger partial charge on any atom is -0.465 e. The van der Waals surface area contributed by atoms with Crippen LogP contribution in [0.5, 0.6) is 0 Å². The van der Waals surface area contributed by atoms with Crippen molar-refractivity contribution < 1.29 is 23.4 Å². The van der Waals surface area contributed by atoms with E-state index in [0.29, 0.717) is 11.3 Å². The highest BCUT2D eigenvalue weighted by Crippen LogP contribution is 2.32. The number of hydrogen-bond acceptors (Lipinski definition) is 5. The number of halogens is 2. The summed E-state index contributed by atoms with van der Waals surface area (Å²) in [5, 5.41) is 16.7. The number of carbonyl (C=O) groups is 1. The first kappa shape index (κ1) is 21.0. The van der Waals surface area contributed by atoms with Gasteiger partial charge in [-0.1, -0.05) is 0 Å². The lowest BCUT2D eigenvalue weighted by Gasteiger charge is -2.31. The molecule has 0 saturated carbocycles. The molecule has 1 atom stereocenters. The maximum atomic E-state index is 15.3. The highest BCUT2D eigenvalue weighted by molar-refractivity contribution is 5.69. The summed E-state index contributed by atoms with van der Waals surface area (Å²) in [6.07, 6.45) is 3.21. The SMILES string of the molecule is Cc1ccn2c(CC3CN(C(=O)O)CCO3)c(-c3c(F)cc(-n4cnnc4)cc3F)nc2c1. The molecule has 1 saturated heterocycles. The predicted octanol–water partition coefficient (Wildman–Crippen LogP) is 3.09. The number of hydrogen-bond donors (Lipinski definition) is 1. The van der Waals surface area contributed by atoms with Gasteiger partial charge in [0.1, 0.15) is 29.9 Å². The van der Waals surface area contributed by atoms with Crippen molar-refractivity contribution in [2.45, 2.75) is 19.4 Å². The molecule has 1 aliphatic heterocycles. The standard InChI is InChI=1S/C22H20F2N6O3/c1-13-2-3-30-18(9-15-10-28(22(31)32)4-5-33-15)21(27-19(30)6-13)20-16(23)7-14(8-17(20)24)29-11-25-26-12-29/h2-3,6-8,11-12,15H,4-5,9-10H2,1H3,(H,31,32). The van der Waals surface area contributed by atoms with Crippen molar-refractivity contribution in [3.63, 3.8) is 0 Å². The van der Waals surface area contributed by atoms with Gasteiger partial charge in [0.05, 0.1) is 41.9 Å². The van der Waals surface area contributed by atoms with Crippen LogP contribution in [-0.4, -0.2) is 66.0 Å². The number of carboxylic acid groups (broad SMARTS) is 1. The first-order chi connectivity index (χ1) is 15.9. The van der Waals surface area contributed by atoms with Crippen molar-refractivity contribution in [1.82, 2.24) is 29.0 Å². The van der Waals surface area contributed by atoms with E-state index in [1.165, 1.54) is 34.3 Å². The number of nitrogens with zero attached hydrogens (tertiary/aromatic N) is 6. The zero-order chi connectivity index (χ0) is 23.1. The molecule has 1 unspecified atom stereocenters. The summed E-state index contributed by atoms with van der Waals surface area (Å²) in [6.45, 7) is 2.58. The predicted molar refractivity (Wildman–Crippen MR) is 113 cm³/mol. The number of benzene rings is 1. The molecule has 0 aliphatic carbocycles. The van der Waals surface area contributed by atoms with Gasteiger partial charge in [-0.15, -0.1) is 10.2 Å². The average molecular weight is 454 g/mol. The molecule has 9 nitrogen and oxygen atoms in total. The highest BCUT2D eigenvalue weighted by atomic mass is 19.1. The normalized spacial score (nSPS) is 16.5. The maximum absolute atomic E-state index is 15.3. The van der Waals surface area contributed by atoms with Gasteiger partial charge in [0, 0.05) is 19.2 Å². The van der Waals surface area contributed by atoms with Crippen LogP contribution in [0.25, 0.3) is 22.6 Å². The number of imidazole rings is 1. The molecule has 0 radical (unpaired) electrons. The summed E-state index contributed by atoms with van der Waals surface area (Å²) < 4.78 is 39.5. The van der Waals surface area contributed by atoms with Gasteiger partial charge in [-0.2, -0.15) is 0 Å². The number of amides is 1. The Hall–Kier alpha value is -3.86. The molecule has 11 heteroatoms. The third-order valence-electron chi connectivity index (χ3n) is 5.69. The van der Waals surface area contributed by atoms with E-state index in [1.54, 1.807) is 10.6 Å². The maximum Gasteiger partial charge on any atom is 0.407 e. The van der Waals surface area contributed by atoms with Crippen molar-refractivity contribution in [1.29, 1.82) is 0 Å². The fraction of sp³-hybridized carbons (Fsp3) is 0.273. The second-order valence-corrected chi connectivity index (χ2v) is 7.92. The molecule has 1 N–H and O–H groups in total. The van der Waals surface area contributed by atoms with Gasteiger partial charge in [-0.25, -0.2) is 18.6 Å². The summed E-state index contributed by atoms with van der Waals surface area (Å²) in [7, 11) is 0. The lowest BCUT2D eigenvalue weighted by Crippen LogP contribution is -2.45. The molecule has 1 aliphatic rings. The van der Waals surface area contributed by atoms with E-state index >= 15 is 8.78 Å². The number of aromatic nitrogens is 5. The molecule has 5 rings (SSSR count). The van der Waals surface area contributed by atoms with Crippen LogP contribution in [0.2, 0.25) is 0 Å². The van der Waals surface area contributed by atoms with Gasteiger partial charge in [-0.3, -0.25) is 4.57 Å². The Morgan fingerprint density at radius 1 is 1.21 bits per heavy atom. The second kappa shape index (κ2) is 8.24. The smallest absolute Gasteiger partial charge is 0.407 e. The first-order valence-electron chi connectivity index (χ1n) is 10.3. The molecular formula is C22H20F2N6O3. The zero-order valence-electron chi connectivity index (χ0n) is 17.7. The van der Waals surface area contributed by atoms with E-state index in [0.717, 1.165) is 5.56 Å². The summed E-state index contributed by atoms with van der Waals surface area (Å²) >= 11 is 0. The lowest BCUT2D eigenvalue weighted by molar-refractivity contribution is -0.0214. The van der Waals surface area contributed by atoms with Crippen LogP contribution in [0, 0.1) is 18.6 Å². The number of pyridine rings is 1. The second-order valence-electron chi connectivity index (χ2n) is 7.92. The average Bonchev–Trinajstić information content (AvgIpc) is 3.42. The third-order valence-corrected chi connectivity index (χ3v) is 5.69. The molecule has 170 valence electrons. The van der Waals surface area contributed by atoms with Crippen LogP contribution in [0.3, 0.4) is 0 Å². The Labute approximate surface area is 186 Å². The molecule has 1 aromatic carbocycles. The number of fused-ring (bicyclic) bond motifs is 1.